The summed E-state index contributed by atoms with van der Waals surface area (Å²) in [4.78, 5) is 16.2. The van der Waals surface area contributed by atoms with Gasteiger partial charge < -0.3 is 10.1 Å². The highest BCUT2D eigenvalue weighted by atomic mass is 32.2. The summed E-state index contributed by atoms with van der Waals surface area (Å²) in [5, 5.41) is 2.78. The molecule has 0 radical (unpaired) electrons. The number of aryl methyl sites for hydroxylation is 1. The van der Waals surface area contributed by atoms with E-state index in [4.69, 9.17) is 4.74 Å². The first kappa shape index (κ1) is 20.9. The van der Waals surface area contributed by atoms with Crippen LogP contribution in [0, 0.1) is 6.92 Å². The van der Waals surface area contributed by atoms with E-state index in [1.807, 2.05) is 36.4 Å². The molecule has 31 heavy (non-hydrogen) atoms. The molecule has 1 aromatic heterocycles. The Labute approximate surface area is 181 Å². The van der Waals surface area contributed by atoms with E-state index < -0.39 is 10.0 Å². The summed E-state index contributed by atoms with van der Waals surface area (Å²) >= 11 is 0. The molecule has 1 aliphatic heterocycles. The number of fused-ring (bicyclic) bond motifs is 1. The molecule has 1 aliphatic rings. The Kier molecular flexibility index (Phi) is 5.90. The third-order valence-corrected chi connectivity index (χ3v) is 6.99. The highest BCUT2D eigenvalue weighted by Gasteiger charge is 2.30. The van der Waals surface area contributed by atoms with Crippen molar-refractivity contribution in [2.75, 3.05) is 17.5 Å². The van der Waals surface area contributed by atoms with Gasteiger partial charge in [0.05, 0.1) is 10.6 Å². The van der Waals surface area contributed by atoms with E-state index in [0.29, 0.717) is 30.8 Å². The molecule has 0 unspecified atom stereocenters. The number of sulfonamides is 1. The number of anilines is 1. The Morgan fingerprint density at radius 3 is 2.68 bits per heavy atom. The number of nitrogens with zero attached hydrogens (tertiary/aromatic N) is 2. The van der Waals surface area contributed by atoms with Crippen LogP contribution in [0.4, 0.5) is 5.69 Å². The third-order valence-electron chi connectivity index (χ3n) is 5.18. The number of carbonyl (C=O) groups is 1. The summed E-state index contributed by atoms with van der Waals surface area (Å²) in [6.45, 7) is 2.42. The monoisotopic (exact) mass is 437 g/mol. The fraction of sp³-hybridized carbons (Fsp3) is 0.217. The minimum Gasteiger partial charge on any atom is -0.484 e. The zero-order valence-corrected chi connectivity index (χ0v) is 17.9. The van der Waals surface area contributed by atoms with Crippen molar-refractivity contribution in [1.82, 2.24) is 10.3 Å². The zero-order valence-electron chi connectivity index (χ0n) is 17.1. The number of para-hydroxylation sites is 1. The molecule has 0 fully saturated rings. The number of amides is 1. The molecule has 7 nitrogen and oxygen atoms in total. The fourth-order valence-electron chi connectivity index (χ4n) is 3.52. The van der Waals surface area contributed by atoms with Crippen LogP contribution >= 0.6 is 0 Å². The van der Waals surface area contributed by atoms with Crippen molar-refractivity contribution < 1.29 is 17.9 Å². The summed E-state index contributed by atoms with van der Waals surface area (Å²) in [6.07, 6.45) is 4.03. The van der Waals surface area contributed by atoms with Crippen LogP contribution in [-0.4, -0.2) is 32.5 Å². The Balaban J connectivity index is 1.41. The van der Waals surface area contributed by atoms with Gasteiger partial charge in [-0.1, -0.05) is 18.2 Å². The lowest BCUT2D eigenvalue weighted by Crippen LogP contribution is -2.29. The highest BCUT2D eigenvalue weighted by molar-refractivity contribution is 7.92. The summed E-state index contributed by atoms with van der Waals surface area (Å²) in [7, 11) is -3.67. The van der Waals surface area contributed by atoms with E-state index >= 15 is 0 Å². The zero-order chi connectivity index (χ0) is 21.8. The van der Waals surface area contributed by atoms with Crippen LogP contribution in [0.2, 0.25) is 0 Å². The van der Waals surface area contributed by atoms with Gasteiger partial charge in [0.1, 0.15) is 5.75 Å². The Bertz CT molecular complexity index is 1200. The van der Waals surface area contributed by atoms with Crippen LogP contribution in [0.25, 0.3) is 0 Å². The number of carbonyl (C=O) groups excluding carboxylic acids is 1. The predicted molar refractivity (Wildman–Crippen MR) is 117 cm³/mol. The Hall–Kier alpha value is -3.39. The van der Waals surface area contributed by atoms with Gasteiger partial charge in [0.25, 0.3) is 15.9 Å². The second-order valence-corrected chi connectivity index (χ2v) is 9.17. The van der Waals surface area contributed by atoms with Gasteiger partial charge in [-0.25, -0.2) is 8.42 Å². The fourth-order valence-corrected chi connectivity index (χ4v) is 5.11. The number of hydrogen-bond acceptors (Lipinski definition) is 5. The number of nitrogens with one attached hydrogen (secondary N) is 1. The molecule has 1 amide bonds. The van der Waals surface area contributed by atoms with Gasteiger partial charge in [0.2, 0.25) is 0 Å². The number of hydrogen-bond donors (Lipinski definition) is 1. The lowest BCUT2D eigenvalue weighted by Gasteiger charge is -2.20. The Morgan fingerprint density at radius 1 is 1.13 bits per heavy atom. The van der Waals surface area contributed by atoms with Gasteiger partial charge >= 0.3 is 0 Å². The molecule has 0 saturated carbocycles. The summed E-state index contributed by atoms with van der Waals surface area (Å²) in [5.74, 6) is 0.210. The molecule has 0 saturated heterocycles. The molecule has 4 rings (SSSR count). The minimum absolute atomic E-state index is 0.155. The summed E-state index contributed by atoms with van der Waals surface area (Å²) in [5.41, 5.74) is 3.35. The van der Waals surface area contributed by atoms with E-state index in [9.17, 15) is 13.2 Å². The lowest BCUT2D eigenvalue weighted by molar-refractivity contribution is -0.123. The van der Waals surface area contributed by atoms with Crippen LogP contribution in [0.3, 0.4) is 0 Å². The Morgan fingerprint density at radius 2 is 1.90 bits per heavy atom. The van der Waals surface area contributed by atoms with Gasteiger partial charge in [0, 0.05) is 25.5 Å². The van der Waals surface area contributed by atoms with E-state index in [1.54, 1.807) is 31.5 Å². The quantitative estimate of drug-likeness (QED) is 0.614. The second-order valence-electron chi connectivity index (χ2n) is 7.30. The molecule has 0 spiro atoms. The maximum Gasteiger partial charge on any atom is 0.264 e. The van der Waals surface area contributed by atoms with E-state index in [0.717, 1.165) is 16.8 Å². The van der Waals surface area contributed by atoms with Crippen LogP contribution in [-0.2, 0) is 27.8 Å². The number of benzene rings is 2. The molecular weight excluding hydrogens is 414 g/mol. The third kappa shape index (κ3) is 4.54. The molecule has 0 bridgehead atoms. The summed E-state index contributed by atoms with van der Waals surface area (Å²) in [6, 6.07) is 15.9. The van der Waals surface area contributed by atoms with Crippen molar-refractivity contribution >= 4 is 21.6 Å². The van der Waals surface area contributed by atoms with Crippen molar-refractivity contribution in [2.24, 2.45) is 0 Å². The molecule has 2 aromatic carbocycles. The first-order valence-electron chi connectivity index (χ1n) is 9.95. The van der Waals surface area contributed by atoms with E-state index in [-0.39, 0.29) is 17.4 Å². The average molecular weight is 438 g/mol. The SMILES string of the molecule is Cc1cc(S(=O)(=O)N2CCc3ccccc32)ccc1OCC(=O)NCc1ccncc1. The van der Waals surface area contributed by atoms with Crippen LogP contribution in [0.1, 0.15) is 16.7 Å². The molecule has 2 heterocycles. The molecule has 0 aliphatic carbocycles. The van der Waals surface area contributed by atoms with Gasteiger partial charge in [-0.15, -0.1) is 0 Å². The largest absolute Gasteiger partial charge is 0.484 e. The van der Waals surface area contributed by atoms with Crippen molar-refractivity contribution in [3.8, 4) is 5.75 Å². The van der Waals surface area contributed by atoms with E-state index in [1.165, 1.54) is 10.4 Å². The highest BCUT2D eigenvalue weighted by Crippen LogP contribution is 2.33. The molecule has 0 atom stereocenters. The maximum absolute atomic E-state index is 13.2. The van der Waals surface area contributed by atoms with Crippen LogP contribution in [0.5, 0.6) is 5.75 Å². The van der Waals surface area contributed by atoms with Gasteiger partial charge in [-0.05, 0) is 66.4 Å². The van der Waals surface area contributed by atoms with Crippen molar-refractivity contribution in [1.29, 1.82) is 0 Å². The van der Waals surface area contributed by atoms with Gasteiger partial charge in [-0.3, -0.25) is 14.1 Å². The van der Waals surface area contributed by atoms with Gasteiger partial charge in [-0.2, -0.15) is 0 Å². The first-order chi connectivity index (χ1) is 14.9. The first-order valence-corrected chi connectivity index (χ1v) is 11.4. The molecular formula is C23H23N3O4S. The molecule has 1 N–H and O–H groups in total. The molecule has 8 heteroatoms. The maximum atomic E-state index is 13.2. The second kappa shape index (κ2) is 8.77. The number of aromatic nitrogens is 1. The standard InChI is InChI=1S/C23H23N3O4S/c1-17-14-20(31(28,29)26-13-10-19-4-2-3-5-21(19)26)6-7-22(17)30-16-23(27)25-15-18-8-11-24-12-9-18/h2-9,11-12,14H,10,13,15-16H2,1H3,(H,25,27). The van der Waals surface area contributed by atoms with Crippen molar-refractivity contribution in [3.63, 3.8) is 0 Å². The van der Waals surface area contributed by atoms with Crippen LogP contribution < -0.4 is 14.4 Å². The summed E-state index contributed by atoms with van der Waals surface area (Å²) < 4.78 is 33.4. The predicted octanol–water partition coefficient (Wildman–Crippen LogP) is 2.84. The molecule has 3 aromatic rings. The van der Waals surface area contributed by atoms with Crippen LogP contribution in [0.15, 0.2) is 71.9 Å². The minimum atomic E-state index is -3.67. The number of pyridine rings is 1. The number of ether oxygens (including phenoxy) is 1. The topological polar surface area (TPSA) is 88.6 Å². The average Bonchev–Trinajstić information content (AvgIpc) is 3.22. The lowest BCUT2D eigenvalue weighted by atomic mass is 10.2. The van der Waals surface area contributed by atoms with E-state index in [2.05, 4.69) is 10.3 Å². The van der Waals surface area contributed by atoms with Crippen molar-refractivity contribution in [2.45, 2.75) is 24.8 Å². The number of rotatable bonds is 7. The molecule has 160 valence electrons. The normalized spacial score (nSPS) is 13.0. The smallest absolute Gasteiger partial charge is 0.264 e. The van der Waals surface area contributed by atoms with Gasteiger partial charge in [0.15, 0.2) is 6.61 Å². The van der Waals surface area contributed by atoms with Crippen molar-refractivity contribution in [3.05, 3.63) is 83.7 Å².